The number of rotatable bonds is 6. The molecule has 0 radical (unpaired) electrons. The van der Waals surface area contributed by atoms with Crippen LogP contribution >= 0.6 is 0 Å². The second-order valence-electron chi connectivity index (χ2n) is 4.34. The maximum Gasteiger partial charge on any atom is 0.162 e. The highest BCUT2D eigenvalue weighted by Gasteiger charge is 2.06. The van der Waals surface area contributed by atoms with Crippen LogP contribution in [0.2, 0.25) is 0 Å². The minimum atomic E-state index is 0.207. The Morgan fingerprint density at radius 1 is 1.37 bits per heavy atom. The van der Waals surface area contributed by atoms with Crippen LogP contribution in [0.4, 0.5) is 0 Å². The molecule has 5 nitrogen and oxygen atoms in total. The van der Waals surface area contributed by atoms with Gasteiger partial charge in [-0.15, -0.1) is 0 Å². The monoisotopic (exact) mass is 261 g/mol. The average Bonchev–Trinajstić information content (AvgIpc) is 2.82. The molecule has 0 amide bonds. The third kappa shape index (κ3) is 3.26. The molecule has 0 bridgehead atoms. The molecule has 1 heterocycles. The zero-order valence-electron chi connectivity index (χ0n) is 11.3. The Morgan fingerprint density at radius 3 is 2.89 bits per heavy atom. The number of aryl methyl sites for hydroxylation is 1. The van der Waals surface area contributed by atoms with E-state index in [9.17, 15) is 5.11 Å². The van der Waals surface area contributed by atoms with Gasteiger partial charge in [0.05, 0.1) is 7.11 Å². The Labute approximate surface area is 112 Å². The predicted molar refractivity (Wildman–Crippen MR) is 73.3 cm³/mol. The van der Waals surface area contributed by atoms with Gasteiger partial charge in [0.2, 0.25) is 0 Å². The van der Waals surface area contributed by atoms with Crippen LogP contribution in [0, 0.1) is 0 Å². The number of para-hydroxylation sites is 1. The Kier molecular flexibility index (Phi) is 4.41. The van der Waals surface area contributed by atoms with Crippen LogP contribution in [0.3, 0.4) is 0 Å². The molecule has 19 heavy (non-hydrogen) atoms. The first-order valence-electron chi connectivity index (χ1n) is 6.25. The number of nitrogens with zero attached hydrogens (tertiary/aromatic N) is 2. The van der Waals surface area contributed by atoms with Gasteiger partial charge in [0.25, 0.3) is 0 Å². The van der Waals surface area contributed by atoms with Crippen LogP contribution in [-0.2, 0) is 20.0 Å². The molecule has 1 aromatic carbocycles. The summed E-state index contributed by atoms with van der Waals surface area (Å²) in [5.41, 5.74) is 2.02. The second-order valence-corrected chi connectivity index (χ2v) is 4.34. The van der Waals surface area contributed by atoms with E-state index in [4.69, 9.17) is 4.74 Å². The van der Waals surface area contributed by atoms with E-state index in [2.05, 4.69) is 10.4 Å². The number of aromatic nitrogens is 2. The summed E-state index contributed by atoms with van der Waals surface area (Å²) in [4.78, 5) is 0. The number of nitrogens with one attached hydrogen (secondary N) is 1. The second kappa shape index (κ2) is 6.24. The third-order valence-corrected chi connectivity index (χ3v) is 3.10. The number of phenolic OH excluding ortho intramolecular Hbond substituents is 1. The molecule has 0 aliphatic heterocycles. The van der Waals surface area contributed by atoms with E-state index in [1.807, 2.05) is 29.9 Å². The summed E-state index contributed by atoms with van der Waals surface area (Å²) in [6, 6.07) is 7.50. The SMILES string of the molecule is COc1cccc(CNCCc2ccnn2C)c1O. The summed E-state index contributed by atoms with van der Waals surface area (Å²) >= 11 is 0. The van der Waals surface area contributed by atoms with E-state index in [-0.39, 0.29) is 5.75 Å². The van der Waals surface area contributed by atoms with Gasteiger partial charge >= 0.3 is 0 Å². The number of phenols is 1. The minimum absolute atomic E-state index is 0.207. The first-order chi connectivity index (χ1) is 9.22. The van der Waals surface area contributed by atoms with Gasteiger partial charge in [-0.1, -0.05) is 12.1 Å². The van der Waals surface area contributed by atoms with E-state index in [1.54, 1.807) is 19.4 Å². The molecule has 2 aromatic rings. The van der Waals surface area contributed by atoms with Crippen molar-refractivity contribution in [1.82, 2.24) is 15.1 Å². The standard InChI is InChI=1S/C14H19N3O2/c1-17-12(7-9-16-17)6-8-15-10-11-4-3-5-13(19-2)14(11)18/h3-5,7,9,15,18H,6,8,10H2,1-2H3. The van der Waals surface area contributed by atoms with E-state index in [0.717, 1.165) is 18.5 Å². The van der Waals surface area contributed by atoms with Crippen LogP contribution in [-0.4, -0.2) is 28.5 Å². The van der Waals surface area contributed by atoms with E-state index in [0.29, 0.717) is 12.3 Å². The minimum Gasteiger partial charge on any atom is -0.504 e. The van der Waals surface area contributed by atoms with Gasteiger partial charge in [0.1, 0.15) is 0 Å². The van der Waals surface area contributed by atoms with Crippen molar-refractivity contribution in [1.29, 1.82) is 0 Å². The van der Waals surface area contributed by atoms with Gasteiger partial charge in [-0.25, -0.2) is 0 Å². The fourth-order valence-corrected chi connectivity index (χ4v) is 1.96. The Balaban J connectivity index is 1.85. The van der Waals surface area contributed by atoms with Crippen molar-refractivity contribution < 1.29 is 9.84 Å². The van der Waals surface area contributed by atoms with Gasteiger partial charge in [-0.2, -0.15) is 5.10 Å². The molecule has 0 unspecified atom stereocenters. The van der Waals surface area contributed by atoms with Crippen molar-refractivity contribution in [2.75, 3.05) is 13.7 Å². The molecule has 0 saturated heterocycles. The molecular formula is C14H19N3O2. The topological polar surface area (TPSA) is 59.3 Å². The summed E-state index contributed by atoms with van der Waals surface area (Å²) < 4.78 is 6.94. The number of aromatic hydroxyl groups is 1. The van der Waals surface area contributed by atoms with E-state index >= 15 is 0 Å². The van der Waals surface area contributed by atoms with Gasteiger partial charge in [0, 0.05) is 44.0 Å². The molecule has 2 N–H and O–H groups in total. The molecule has 102 valence electrons. The van der Waals surface area contributed by atoms with Crippen molar-refractivity contribution in [3.63, 3.8) is 0 Å². The first kappa shape index (κ1) is 13.4. The molecule has 1 aromatic heterocycles. The Hall–Kier alpha value is -2.01. The lowest BCUT2D eigenvalue weighted by molar-refractivity contribution is 0.369. The molecule has 0 atom stereocenters. The maximum absolute atomic E-state index is 9.94. The number of hydrogen-bond acceptors (Lipinski definition) is 4. The summed E-state index contributed by atoms with van der Waals surface area (Å²) in [5, 5.41) is 17.4. The quantitative estimate of drug-likeness (QED) is 0.773. The van der Waals surface area contributed by atoms with E-state index in [1.165, 1.54) is 5.69 Å². The highest BCUT2D eigenvalue weighted by atomic mass is 16.5. The van der Waals surface area contributed by atoms with Crippen molar-refractivity contribution in [3.8, 4) is 11.5 Å². The molecule has 0 fully saturated rings. The fourth-order valence-electron chi connectivity index (χ4n) is 1.96. The zero-order valence-corrected chi connectivity index (χ0v) is 11.3. The highest BCUT2D eigenvalue weighted by Crippen LogP contribution is 2.28. The lowest BCUT2D eigenvalue weighted by atomic mass is 10.2. The Morgan fingerprint density at radius 2 is 2.21 bits per heavy atom. The van der Waals surface area contributed by atoms with Crippen molar-refractivity contribution >= 4 is 0 Å². The molecule has 0 aliphatic rings. The molecule has 0 spiro atoms. The number of methoxy groups -OCH3 is 1. The van der Waals surface area contributed by atoms with Gasteiger partial charge in [0.15, 0.2) is 11.5 Å². The van der Waals surface area contributed by atoms with Crippen LogP contribution < -0.4 is 10.1 Å². The molecule has 0 saturated carbocycles. The molecular weight excluding hydrogens is 242 g/mol. The number of benzene rings is 1. The van der Waals surface area contributed by atoms with Gasteiger partial charge in [-0.3, -0.25) is 4.68 Å². The van der Waals surface area contributed by atoms with Crippen LogP contribution in [0.15, 0.2) is 30.5 Å². The highest BCUT2D eigenvalue weighted by molar-refractivity contribution is 5.45. The van der Waals surface area contributed by atoms with Crippen molar-refractivity contribution in [2.24, 2.45) is 7.05 Å². The molecule has 2 rings (SSSR count). The maximum atomic E-state index is 9.94. The number of ether oxygens (including phenoxy) is 1. The predicted octanol–water partition coefficient (Wildman–Crippen LogP) is 1.47. The van der Waals surface area contributed by atoms with Crippen LogP contribution in [0.5, 0.6) is 11.5 Å². The van der Waals surface area contributed by atoms with Crippen LogP contribution in [0.1, 0.15) is 11.3 Å². The van der Waals surface area contributed by atoms with Crippen molar-refractivity contribution in [2.45, 2.75) is 13.0 Å². The zero-order chi connectivity index (χ0) is 13.7. The summed E-state index contributed by atoms with van der Waals surface area (Å²) in [7, 11) is 3.48. The first-order valence-corrected chi connectivity index (χ1v) is 6.25. The molecule has 0 aliphatic carbocycles. The largest absolute Gasteiger partial charge is 0.504 e. The summed E-state index contributed by atoms with van der Waals surface area (Å²) in [6.45, 7) is 1.44. The lowest BCUT2D eigenvalue weighted by Gasteiger charge is -2.09. The van der Waals surface area contributed by atoms with Crippen LogP contribution in [0.25, 0.3) is 0 Å². The Bertz CT molecular complexity index is 537. The van der Waals surface area contributed by atoms with E-state index < -0.39 is 0 Å². The summed E-state index contributed by atoms with van der Waals surface area (Å²) in [5.74, 6) is 0.712. The third-order valence-electron chi connectivity index (χ3n) is 3.10. The normalized spacial score (nSPS) is 10.6. The fraction of sp³-hybridized carbons (Fsp3) is 0.357. The number of hydrogen-bond donors (Lipinski definition) is 2. The van der Waals surface area contributed by atoms with Crippen molar-refractivity contribution in [3.05, 3.63) is 41.7 Å². The molecule has 5 heteroatoms. The lowest BCUT2D eigenvalue weighted by Crippen LogP contribution is -2.18. The average molecular weight is 261 g/mol. The summed E-state index contributed by atoms with van der Waals surface area (Å²) in [6.07, 6.45) is 2.70. The van der Waals surface area contributed by atoms with Gasteiger partial charge in [-0.05, 0) is 12.1 Å². The smallest absolute Gasteiger partial charge is 0.162 e. The van der Waals surface area contributed by atoms with Gasteiger partial charge < -0.3 is 15.2 Å².